The standard InChI is InChI=1S/C13H20N2O2.ClH/c1-11(14)9-13(16)15-7-8-17-10-12-5-3-2-4-6-12;/h2-6,11H,7-10,14H2,1H3,(H,15,16);1H. The van der Waals surface area contributed by atoms with E-state index in [0.29, 0.717) is 26.2 Å². The molecule has 1 unspecified atom stereocenters. The fourth-order valence-corrected chi connectivity index (χ4v) is 1.39. The van der Waals surface area contributed by atoms with Crippen molar-refractivity contribution in [2.75, 3.05) is 13.2 Å². The summed E-state index contributed by atoms with van der Waals surface area (Å²) in [6.45, 7) is 3.42. The average Bonchev–Trinajstić information content (AvgIpc) is 2.29. The van der Waals surface area contributed by atoms with Crippen LogP contribution in [0.4, 0.5) is 0 Å². The van der Waals surface area contributed by atoms with Crippen molar-refractivity contribution in [3.8, 4) is 0 Å². The number of nitrogens with two attached hydrogens (primary N) is 1. The van der Waals surface area contributed by atoms with Crippen LogP contribution in [0.25, 0.3) is 0 Å². The number of carbonyl (C=O) groups excluding carboxylic acids is 1. The number of ether oxygens (including phenoxy) is 1. The first kappa shape index (κ1) is 16.9. The van der Waals surface area contributed by atoms with Crippen molar-refractivity contribution in [1.29, 1.82) is 0 Å². The normalized spacial score (nSPS) is 11.4. The third-order valence-electron chi connectivity index (χ3n) is 2.19. The highest BCUT2D eigenvalue weighted by Crippen LogP contribution is 1.99. The van der Waals surface area contributed by atoms with Gasteiger partial charge in [-0.1, -0.05) is 30.3 Å². The van der Waals surface area contributed by atoms with Gasteiger partial charge in [0, 0.05) is 19.0 Å². The van der Waals surface area contributed by atoms with Gasteiger partial charge in [-0.15, -0.1) is 12.4 Å². The first-order valence-electron chi connectivity index (χ1n) is 5.82. The first-order chi connectivity index (χ1) is 8.18. The molecule has 1 aromatic rings. The van der Waals surface area contributed by atoms with Crippen LogP contribution < -0.4 is 11.1 Å². The van der Waals surface area contributed by atoms with E-state index in [0.717, 1.165) is 5.56 Å². The molecule has 0 aliphatic rings. The summed E-state index contributed by atoms with van der Waals surface area (Å²) in [5.74, 6) is -0.0247. The van der Waals surface area contributed by atoms with Gasteiger partial charge < -0.3 is 15.8 Å². The van der Waals surface area contributed by atoms with Crippen LogP contribution in [-0.4, -0.2) is 25.1 Å². The largest absolute Gasteiger partial charge is 0.375 e. The molecule has 0 saturated heterocycles. The Hall–Kier alpha value is -1.10. The Morgan fingerprint density at radius 1 is 1.39 bits per heavy atom. The molecule has 0 aliphatic carbocycles. The first-order valence-corrected chi connectivity index (χ1v) is 5.82. The van der Waals surface area contributed by atoms with Crippen LogP contribution in [0.1, 0.15) is 18.9 Å². The predicted molar refractivity (Wildman–Crippen MR) is 74.6 cm³/mol. The molecule has 5 heteroatoms. The number of halogens is 1. The molecule has 0 aliphatic heterocycles. The number of rotatable bonds is 7. The third-order valence-corrected chi connectivity index (χ3v) is 2.19. The highest BCUT2D eigenvalue weighted by atomic mass is 35.5. The molecule has 1 atom stereocenters. The van der Waals surface area contributed by atoms with E-state index in [2.05, 4.69) is 5.32 Å². The molecule has 4 nitrogen and oxygen atoms in total. The van der Waals surface area contributed by atoms with E-state index < -0.39 is 0 Å². The molecule has 102 valence electrons. The number of nitrogens with one attached hydrogen (secondary N) is 1. The van der Waals surface area contributed by atoms with Crippen LogP contribution >= 0.6 is 12.4 Å². The summed E-state index contributed by atoms with van der Waals surface area (Å²) < 4.78 is 5.43. The number of carbonyl (C=O) groups is 1. The van der Waals surface area contributed by atoms with Crippen LogP contribution in [0.5, 0.6) is 0 Å². The predicted octanol–water partition coefficient (Wildman–Crippen LogP) is 1.48. The summed E-state index contributed by atoms with van der Waals surface area (Å²) in [6, 6.07) is 9.84. The van der Waals surface area contributed by atoms with Crippen LogP contribution in [0.2, 0.25) is 0 Å². The summed E-state index contributed by atoms with van der Waals surface area (Å²) in [7, 11) is 0. The Morgan fingerprint density at radius 3 is 2.67 bits per heavy atom. The molecule has 0 spiro atoms. The molecule has 0 bridgehead atoms. The second-order valence-electron chi connectivity index (χ2n) is 4.07. The van der Waals surface area contributed by atoms with Gasteiger partial charge in [0.25, 0.3) is 0 Å². The van der Waals surface area contributed by atoms with E-state index in [1.165, 1.54) is 0 Å². The maximum Gasteiger partial charge on any atom is 0.221 e. The van der Waals surface area contributed by atoms with Gasteiger partial charge >= 0.3 is 0 Å². The second-order valence-corrected chi connectivity index (χ2v) is 4.07. The van der Waals surface area contributed by atoms with Crippen molar-refractivity contribution >= 4 is 18.3 Å². The Morgan fingerprint density at radius 2 is 2.06 bits per heavy atom. The van der Waals surface area contributed by atoms with Gasteiger partial charge in [0.05, 0.1) is 13.2 Å². The van der Waals surface area contributed by atoms with Crippen molar-refractivity contribution in [2.45, 2.75) is 26.0 Å². The lowest BCUT2D eigenvalue weighted by Crippen LogP contribution is -2.32. The molecule has 0 saturated carbocycles. The maximum atomic E-state index is 11.2. The zero-order chi connectivity index (χ0) is 12.5. The Labute approximate surface area is 114 Å². The Bertz CT molecular complexity index is 331. The van der Waals surface area contributed by atoms with Crippen molar-refractivity contribution in [3.05, 3.63) is 35.9 Å². The van der Waals surface area contributed by atoms with E-state index in [1.54, 1.807) is 0 Å². The van der Waals surface area contributed by atoms with E-state index in [1.807, 2.05) is 37.3 Å². The van der Waals surface area contributed by atoms with Crippen LogP contribution in [0, 0.1) is 0 Å². The molecule has 1 amide bonds. The van der Waals surface area contributed by atoms with Crippen molar-refractivity contribution in [3.63, 3.8) is 0 Å². The fraction of sp³-hybridized carbons (Fsp3) is 0.462. The van der Waals surface area contributed by atoms with Crippen molar-refractivity contribution < 1.29 is 9.53 Å². The lowest BCUT2D eigenvalue weighted by Gasteiger charge is -2.08. The number of hydrogen-bond acceptors (Lipinski definition) is 3. The number of amides is 1. The van der Waals surface area contributed by atoms with E-state index in [9.17, 15) is 4.79 Å². The summed E-state index contributed by atoms with van der Waals surface area (Å²) in [6.07, 6.45) is 0.360. The zero-order valence-corrected chi connectivity index (χ0v) is 11.4. The highest BCUT2D eigenvalue weighted by molar-refractivity contribution is 5.85. The monoisotopic (exact) mass is 272 g/mol. The number of benzene rings is 1. The smallest absolute Gasteiger partial charge is 0.221 e. The molecule has 0 aromatic heterocycles. The van der Waals surface area contributed by atoms with Gasteiger partial charge in [-0.3, -0.25) is 4.79 Å². The van der Waals surface area contributed by atoms with E-state index >= 15 is 0 Å². The molecule has 0 fully saturated rings. The minimum absolute atomic E-state index is 0. The molecular formula is C13H21ClN2O2. The highest BCUT2D eigenvalue weighted by Gasteiger charge is 2.03. The third kappa shape index (κ3) is 8.06. The minimum Gasteiger partial charge on any atom is -0.375 e. The van der Waals surface area contributed by atoms with E-state index in [-0.39, 0.29) is 24.4 Å². The fourth-order valence-electron chi connectivity index (χ4n) is 1.39. The van der Waals surface area contributed by atoms with Crippen LogP contribution in [-0.2, 0) is 16.1 Å². The quantitative estimate of drug-likeness (QED) is 0.739. The van der Waals surface area contributed by atoms with Gasteiger partial charge in [-0.05, 0) is 12.5 Å². The molecule has 3 N–H and O–H groups in total. The molecule has 18 heavy (non-hydrogen) atoms. The molecule has 1 aromatic carbocycles. The van der Waals surface area contributed by atoms with Gasteiger partial charge in [-0.25, -0.2) is 0 Å². The Balaban J connectivity index is 0.00000289. The Kier molecular flexibility index (Phi) is 9.28. The molecular weight excluding hydrogens is 252 g/mol. The number of hydrogen-bond donors (Lipinski definition) is 2. The van der Waals surface area contributed by atoms with Crippen LogP contribution in [0.15, 0.2) is 30.3 Å². The van der Waals surface area contributed by atoms with Gasteiger partial charge in [0.15, 0.2) is 0 Å². The molecule has 0 heterocycles. The average molecular weight is 273 g/mol. The van der Waals surface area contributed by atoms with Gasteiger partial charge in [-0.2, -0.15) is 0 Å². The minimum atomic E-state index is -0.0970. The summed E-state index contributed by atoms with van der Waals surface area (Å²) in [5.41, 5.74) is 6.64. The SMILES string of the molecule is CC(N)CC(=O)NCCOCc1ccccc1.Cl. The molecule has 1 rings (SSSR count). The lowest BCUT2D eigenvalue weighted by atomic mass is 10.2. The lowest BCUT2D eigenvalue weighted by molar-refractivity contribution is -0.121. The summed E-state index contributed by atoms with van der Waals surface area (Å²) in [4.78, 5) is 11.2. The second kappa shape index (κ2) is 9.88. The molecule has 0 radical (unpaired) electrons. The van der Waals surface area contributed by atoms with Crippen molar-refractivity contribution in [1.82, 2.24) is 5.32 Å². The van der Waals surface area contributed by atoms with Gasteiger partial charge in [0.1, 0.15) is 0 Å². The summed E-state index contributed by atoms with van der Waals surface area (Å²) >= 11 is 0. The van der Waals surface area contributed by atoms with E-state index in [4.69, 9.17) is 10.5 Å². The van der Waals surface area contributed by atoms with Gasteiger partial charge in [0.2, 0.25) is 5.91 Å². The van der Waals surface area contributed by atoms with Crippen LogP contribution in [0.3, 0.4) is 0 Å². The topological polar surface area (TPSA) is 64.4 Å². The zero-order valence-electron chi connectivity index (χ0n) is 10.6. The van der Waals surface area contributed by atoms with Crippen molar-refractivity contribution in [2.24, 2.45) is 5.73 Å². The maximum absolute atomic E-state index is 11.2. The summed E-state index contributed by atoms with van der Waals surface area (Å²) in [5, 5.41) is 2.76.